The fourth-order valence-electron chi connectivity index (χ4n) is 3.94. The van der Waals surface area contributed by atoms with Gasteiger partial charge in [0.2, 0.25) is 0 Å². The minimum atomic E-state index is -2.14. The first kappa shape index (κ1) is 23.8. The fourth-order valence-corrected chi connectivity index (χ4v) is 3.94. The van der Waals surface area contributed by atoms with E-state index in [2.05, 4.69) is 0 Å². The second-order valence-electron chi connectivity index (χ2n) is 8.77. The monoisotopic (exact) mass is 484 g/mol. The molecule has 4 rings (SSSR count). The van der Waals surface area contributed by atoms with E-state index in [1.165, 1.54) is 13.0 Å². The summed E-state index contributed by atoms with van der Waals surface area (Å²) >= 11 is 0. The SMILES string of the molecule is Cc1ccc2c(F)c(F)c(F)c(F)c2c1-c1c(OC(C)(C)C)ccc2c(F)c(F)c(F)c(F)c12. The van der Waals surface area contributed by atoms with Gasteiger partial charge >= 0.3 is 0 Å². The molecule has 34 heavy (non-hydrogen) atoms. The third-order valence-electron chi connectivity index (χ3n) is 5.32. The quantitative estimate of drug-likeness (QED) is 0.158. The predicted molar refractivity (Wildman–Crippen MR) is 112 cm³/mol. The van der Waals surface area contributed by atoms with E-state index in [-0.39, 0.29) is 11.3 Å². The molecule has 0 spiro atoms. The van der Waals surface area contributed by atoms with Crippen LogP contribution >= 0.6 is 0 Å². The minimum absolute atomic E-state index is 0.0904. The summed E-state index contributed by atoms with van der Waals surface area (Å²) < 4.78 is 121. The zero-order valence-electron chi connectivity index (χ0n) is 18.2. The van der Waals surface area contributed by atoms with Crippen molar-refractivity contribution in [3.63, 3.8) is 0 Å². The summed E-state index contributed by atoms with van der Waals surface area (Å²) in [7, 11) is 0. The van der Waals surface area contributed by atoms with Crippen molar-refractivity contribution in [2.75, 3.05) is 0 Å². The van der Waals surface area contributed by atoms with Gasteiger partial charge in [0.25, 0.3) is 0 Å². The summed E-state index contributed by atoms with van der Waals surface area (Å²) in [6.07, 6.45) is 0. The molecular formula is C25H16F8O. The lowest BCUT2D eigenvalue weighted by Gasteiger charge is -2.26. The van der Waals surface area contributed by atoms with Crippen LogP contribution in [-0.2, 0) is 0 Å². The number of hydrogen-bond donors (Lipinski definition) is 0. The summed E-state index contributed by atoms with van der Waals surface area (Å²) in [4.78, 5) is 0. The highest BCUT2D eigenvalue weighted by molar-refractivity contribution is 6.09. The molecule has 0 atom stereocenters. The molecule has 0 aliphatic heterocycles. The molecule has 0 aliphatic rings. The van der Waals surface area contributed by atoms with Crippen LogP contribution < -0.4 is 4.74 Å². The molecule has 0 N–H and O–H groups in total. The molecule has 0 amide bonds. The molecule has 0 radical (unpaired) electrons. The van der Waals surface area contributed by atoms with Crippen LogP contribution in [0.5, 0.6) is 5.75 Å². The minimum Gasteiger partial charge on any atom is -0.487 e. The lowest BCUT2D eigenvalue weighted by molar-refractivity contribution is 0.132. The number of aryl methyl sites for hydroxylation is 1. The Kier molecular flexibility index (Phi) is 5.49. The van der Waals surface area contributed by atoms with E-state index < -0.39 is 84.8 Å². The van der Waals surface area contributed by atoms with E-state index in [1.807, 2.05) is 0 Å². The normalized spacial score (nSPS) is 12.1. The Labute approximate surface area is 188 Å². The highest BCUT2D eigenvalue weighted by Gasteiger charge is 2.30. The molecule has 0 bridgehead atoms. The van der Waals surface area contributed by atoms with Crippen molar-refractivity contribution >= 4 is 21.5 Å². The van der Waals surface area contributed by atoms with E-state index in [0.29, 0.717) is 0 Å². The molecule has 0 saturated carbocycles. The Balaban J connectivity index is 2.34. The van der Waals surface area contributed by atoms with Gasteiger partial charge in [0, 0.05) is 32.7 Å². The van der Waals surface area contributed by atoms with Crippen LogP contribution in [0.15, 0.2) is 24.3 Å². The highest BCUT2D eigenvalue weighted by Crippen LogP contribution is 2.47. The van der Waals surface area contributed by atoms with Gasteiger partial charge in [-0.25, -0.2) is 35.1 Å². The average Bonchev–Trinajstić information content (AvgIpc) is 2.77. The van der Waals surface area contributed by atoms with Crippen LogP contribution in [0.2, 0.25) is 0 Å². The van der Waals surface area contributed by atoms with Crippen molar-refractivity contribution in [3.05, 3.63) is 76.4 Å². The Bertz CT molecular complexity index is 1500. The molecular weight excluding hydrogens is 468 g/mol. The number of benzene rings is 4. The molecule has 0 aliphatic carbocycles. The largest absolute Gasteiger partial charge is 0.487 e. The number of fused-ring (bicyclic) bond motifs is 2. The van der Waals surface area contributed by atoms with Gasteiger partial charge in [-0.05, 0) is 45.4 Å². The van der Waals surface area contributed by atoms with Crippen molar-refractivity contribution in [2.45, 2.75) is 33.3 Å². The van der Waals surface area contributed by atoms with E-state index in [0.717, 1.165) is 18.2 Å². The smallest absolute Gasteiger partial charge is 0.198 e. The molecule has 0 unspecified atom stereocenters. The van der Waals surface area contributed by atoms with Gasteiger partial charge in [0.15, 0.2) is 46.5 Å². The van der Waals surface area contributed by atoms with Gasteiger partial charge in [-0.1, -0.05) is 12.1 Å². The summed E-state index contributed by atoms with van der Waals surface area (Å²) in [5.74, 6) is -15.7. The van der Waals surface area contributed by atoms with E-state index in [1.54, 1.807) is 20.8 Å². The lowest BCUT2D eigenvalue weighted by atomic mass is 9.88. The zero-order chi connectivity index (χ0) is 25.3. The first-order chi connectivity index (χ1) is 15.8. The van der Waals surface area contributed by atoms with E-state index in [9.17, 15) is 26.3 Å². The van der Waals surface area contributed by atoms with Gasteiger partial charge in [-0.15, -0.1) is 0 Å². The van der Waals surface area contributed by atoms with Crippen molar-refractivity contribution in [1.29, 1.82) is 0 Å². The maximum Gasteiger partial charge on any atom is 0.198 e. The van der Waals surface area contributed by atoms with Crippen LogP contribution in [0, 0.1) is 53.5 Å². The fraction of sp³-hybridized carbons (Fsp3) is 0.200. The molecule has 9 heteroatoms. The van der Waals surface area contributed by atoms with E-state index in [4.69, 9.17) is 4.74 Å². The lowest BCUT2D eigenvalue weighted by Crippen LogP contribution is -2.23. The number of hydrogen-bond acceptors (Lipinski definition) is 1. The van der Waals surface area contributed by atoms with Crippen LogP contribution in [0.3, 0.4) is 0 Å². The van der Waals surface area contributed by atoms with Gasteiger partial charge in [0.1, 0.15) is 11.4 Å². The van der Waals surface area contributed by atoms with Crippen molar-refractivity contribution < 1.29 is 39.9 Å². The summed E-state index contributed by atoms with van der Waals surface area (Å²) in [6.45, 7) is 6.14. The van der Waals surface area contributed by atoms with Gasteiger partial charge < -0.3 is 4.74 Å². The molecule has 178 valence electrons. The van der Waals surface area contributed by atoms with Gasteiger partial charge in [0.05, 0.1) is 0 Å². The Morgan fingerprint density at radius 1 is 0.529 bits per heavy atom. The predicted octanol–water partition coefficient (Wildman–Crippen LogP) is 8.26. The molecule has 4 aromatic carbocycles. The average molecular weight is 484 g/mol. The molecule has 0 fully saturated rings. The summed E-state index contributed by atoms with van der Waals surface area (Å²) in [6, 6.07) is 4.26. The third-order valence-corrected chi connectivity index (χ3v) is 5.32. The number of rotatable bonds is 2. The zero-order valence-corrected chi connectivity index (χ0v) is 18.2. The molecule has 0 aromatic heterocycles. The van der Waals surface area contributed by atoms with Crippen LogP contribution in [0.4, 0.5) is 35.1 Å². The highest BCUT2D eigenvalue weighted by atomic mass is 19.2. The topological polar surface area (TPSA) is 9.23 Å². The Morgan fingerprint density at radius 2 is 0.941 bits per heavy atom. The standard InChI is InChI=1S/C25H16F8O/c1-9-5-6-10-14(19(28)23(32)21(30)17(10)26)13(9)16-12(34-25(2,3)4)8-7-11-15(16)20(29)24(33)22(31)18(11)27/h5-8H,1-4H3. The number of ether oxygens (including phenoxy) is 1. The van der Waals surface area contributed by atoms with Crippen LogP contribution in [-0.4, -0.2) is 5.60 Å². The van der Waals surface area contributed by atoms with Crippen LogP contribution in [0.25, 0.3) is 32.7 Å². The second kappa shape index (κ2) is 7.85. The first-order valence-corrected chi connectivity index (χ1v) is 9.99. The van der Waals surface area contributed by atoms with E-state index >= 15 is 8.78 Å². The maximum atomic E-state index is 15.1. The number of halogens is 8. The maximum absolute atomic E-state index is 15.1. The summed E-state index contributed by atoms with van der Waals surface area (Å²) in [5.41, 5.74) is -1.76. The van der Waals surface area contributed by atoms with Crippen molar-refractivity contribution in [3.8, 4) is 16.9 Å². The van der Waals surface area contributed by atoms with Crippen molar-refractivity contribution in [2.24, 2.45) is 0 Å². The van der Waals surface area contributed by atoms with Gasteiger partial charge in [-0.3, -0.25) is 0 Å². The van der Waals surface area contributed by atoms with Crippen LogP contribution in [0.1, 0.15) is 26.3 Å². The molecule has 0 heterocycles. The third kappa shape index (κ3) is 3.45. The molecule has 0 saturated heterocycles. The first-order valence-electron chi connectivity index (χ1n) is 9.99. The Hall–Kier alpha value is -3.36. The molecule has 4 aromatic rings. The van der Waals surface area contributed by atoms with Crippen molar-refractivity contribution in [1.82, 2.24) is 0 Å². The summed E-state index contributed by atoms with van der Waals surface area (Å²) in [5, 5.41) is -3.04. The van der Waals surface area contributed by atoms with Gasteiger partial charge in [-0.2, -0.15) is 0 Å². The molecule has 1 nitrogen and oxygen atoms in total. The Morgan fingerprint density at radius 3 is 1.41 bits per heavy atom. The second-order valence-corrected chi connectivity index (χ2v) is 8.77.